The summed E-state index contributed by atoms with van der Waals surface area (Å²) in [6.07, 6.45) is 0. The zero-order valence-corrected chi connectivity index (χ0v) is 14.0. The van der Waals surface area contributed by atoms with Gasteiger partial charge >= 0.3 is 0 Å². The number of aromatic nitrogens is 2. The largest absolute Gasteiger partial charge is 0.508 e. The summed E-state index contributed by atoms with van der Waals surface area (Å²) >= 11 is 6.12. The predicted octanol–water partition coefficient (Wildman–Crippen LogP) is 5.77. The van der Waals surface area contributed by atoms with Gasteiger partial charge in [-0.2, -0.15) is 0 Å². The second-order valence-electron chi connectivity index (χ2n) is 5.73. The van der Waals surface area contributed by atoms with Crippen molar-refractivity contribution >= 4 is 11.6 Å². The van der Waals surface area contributed by atoms with Gasteiger partial charge in [-0.1, -0.05) is 54.1 Å². The maximum Gasteiger partial charge on any atom is 0.138 e. The van der Waals surface area contributed by atoms with Gasteiger partial charge in [0.15, 0.2) is 0 Å². The third-order valence-corrected chi connectivity index (χ3v) is 4.24. The van der Waals surface area contributed by atoms with Crippen molar-refractivity contribution in [1.29, 1.82) is 0 Å². The fourth-order valence-electron chi connectivity index (χ4n) is 2.79. The molecule has 4 aromatic rings. The van der Waals surface area contributed by atoms with Gasteiger partial charge in [0.1, 0.15) is 11.6 Å². The molecule has 1 heterocycles. The molecule has 4 rings (SSSR count). The van der Waals surface area contributed by atoms with Gasteiger partial charge in [0.05, 0.1) is 11.4 Å². The van der Waals surface area contributed by atoms with Gasteiger partial charge in [-0.05, 0) is 36.4 Å². The van der Waals surface area contributed by atoms with Crippen LogP contribution in [0.5, 0.6) is 5.75 Å². The van der Waals surface area contributed by atoms with Crippen LogP contribution in [0.15, 0.2) is 78.9 Å². The van der Waals surface area contributed by atoms with E-state index in [4.69, 9.17) is 16.6 Å². The summed E-state index contributed by atoms with van der Waals surface area (Å²) in [6, 6.07) is 24.7. The number of nitrogens with one attached hydrogen (secondary N) is 1. The molecule has 0 fully saturated rings. The highest BCUT2D eigenvalue weighted by Crippen LogP contribution is 2.34. The lowest BCUT2D eigenvalue weighted by atomic mass is 10.1. The van der Waals surface area contributed by atoms with Crippen LogP contribution in [0.3, 0.4) is 0 Å². The number of aromatic amines is 1. The van der Waals surface area contributed by atoms with E-state index >= 15 is 0 Å². The molecule has 0 aliphatic rings. The standard InChI is InChI=1S/C21H15ClN2O/c22-17-8-4-7-16(13-17)21-23-19(14-5-2-1-3-6-14)20(24-21)15-9-11-18(25)12-10-15/h1-13,25H,(H,23,24). The van der Waals surface area contributed by atoms with Crippen LogP contribution in [0.2, 0.25) is 5.02 Å². The summed E-state index contributed by atoms with van der Waals surface area (Å²) in [5.41, 5.74) is 4.67. The van der Waals surface area contributed by atoms with Crippen LogP contribution in [-0.4, -0.2) is 15.1 Å². The molecule has 0 unspecified atom stereocenters. The Morgan fingerprint density at radius 2 is 1.48 bits per heavy atom. The molecule has 3 nitrogen and oxygen atoms in total. The molecule has 1 aromatic heterocycles. The highest BCUT2D eigenvalue weighted by atomic mass is 35.5. The van der Waals surface area contributed by atoms with E-state index in [1.165, 1.54) is 0 Å². The molecule has 0 bridgehead atoms. The van der Waals surface area contributed by atoms with Gasteiger partial charge in [0, 0.05) is 21.7 Å². The number of aromatic hydroxyl groups is 1. The van der Waals surface area contributed by atoms with Gasteiger partial charge in [0.2, 0.25) is 0 Å². The minimum Gasteiger partial charge on any atom is -0.508 e. The molecule has 0 aliphatic heterocycles. The van der Waals surface area contributed by atoms with E-state index in [1.54, 1.807) is 12.1 Å². The van der Waals surface area contributed by atoms with E-state index in [0.717, 1.165) is 33.9 Å². The fraction of sp³-hybridized carbons (Fsp3) is 0. The van der Waals surface area contributed by atoms with Crippen molar-refractivity contribution in [3.05, 3.63) is 83.9 Å². The lowest BCUT2D eigenvalue weighted by Crippen LogP contribution is -1.83. The summed E-state index contributed by atoms with van der Waals surface area (Å²) in [5, 5.41) is 10.2. The quantitative estimate of drug-likeness (QED) is 0.494. The molecule has 0 radical (unpaired) electrons. The molecule has 0 atom stereocenters. The summed E-state index contributed by atoms with van der Waals surface area (Å²) in [5.74, 6) is 0.990. The van der Waals surface area contributed by atoms with E-state index in [1.807, 2.05) is 66.7 Å². The van der Waals surface area contributed by atoms with Crippen molar-refractivity contribution in [3.63, 3.8) is 0 Å². The van der Waals surface area contributed by atoms with Gasteiger partial charge in [0.25, 0.3) is 0 Å². The number of hydrogen-bond donors (Lipinski definition) is 2. The van der Waals surface area contributed by atoms with Crippen molar-refractivity contribution in [1.82, 2.24) is 9.97 Å². The Kier molecular flexibility index (Phi) is 4.00. The minimum atomic E-state index is 0.236. The first kappa shape index (κ1) is 15.5. The molecule has 0 saturated carbocycles. The molecule has 2 N–H and O–H groups in total. The zero-order valence-electron chi connectivity index (χ0n) is 13.3. The van der Waals surface area contributed by atoms with Crippen LogP contribution in [0.1, 0.15) is 0 Å². The first-order chi connectivity index (χ1) is 12.2. The molecule has 0 saturated heterocycles. The highest BCUT2D eigenvalue weighted by Gasteiger charge is 2.15. The van der Waals surface area contributed by atoms with Crippen LogP contribution in [-0.2, 0) is 0 Å². The van der Waals surface area contributed by atoms with Crippen LogP contribution in [0, 0.1) is 0 Å². The first-order valence-corrected chi connectivity index (χ1v) is 8.29. The molecule has 3 aromatic carbocycles. The molecule has 122 valence electrons. The van der Waals surface area contributed by atoms with Crippen molar-refractivity contribution in [2.75, 3.05) is 0 Å². The molecule has 0 amide bonds. The number of rotatable bonds is 3. The third-order valence-electron chi connectivity index (χ3n) is 4.01. The fourth-order valence-corrected chi connectivity index (χ4v) is 2.98. The average Bonchev–Trinajstić information content (AvgIpc) is 3.08. The number of phenols is 1. The predicted molar refractivity (Wildman–Crippen MR) is 102 cm³/mol. The van der Waals surface area contributed by atoms with Crippen LogP contribution < -0.4 is 0 Å². The Hall–Kier alpha value is -3.04. The highest BCUT2D eigenvalue weighted by molar-refractivity contribution is 6.30. The number of benzene rings is 3. The van der Waals surface area contributed by atoms with Crippen molar-refractivity contribution < 1.29 is 5.11 Å². The average molecular weight is 347 g/mol. The second-order valence-corrected chi connectivity index (χ2v) is 6.17. The third kappa shape index (κ3) is 3.14. The van der Waals surface area contributed by atoms with Crippen molar-refractivity contribution in [2.24, 2.45) is 0 Å². The second kappa shape index (κ2) is 6.46. The van der Waals surface area contributed by atoms with Gasteiger partial charge in [-0.25, -0.2) is 4.98 Å². The Morgan fingerprint density at radius 1 is 0.760 bits per heavy atom. The number of nitrogens with zero attached hydrogens (tertiary/aromatic N) is 1. The lowest BCUT2D eigenvalue weighted by molar-refractivity contribution is 0.475. The SMILES string of the molecule is Oc1ccc(-c2[nH]c(-c3cccc(Cl)c3)nc2-c2ccccc2)cc1. The van der Waals surface area contributed by atoms with E-state index in [9.17, 15) is 5.11 Å². The van der Waals surface area contributed by atoms with Crippen LogP contribution in [0.25, 0.3) is 33.9 Å². The summed E-state index contributed by atoms with van der Waals surface area (Å²) < 4.78 is 0. The molecule has 0 aliphatic carbocycles. The molecule has 4 heteroatoms. The van der Waals surface area contributed by atoms with Gasteiger partial charge < -0.3 is 10.1 Å². The zero-order chi connectivity index (χ0) is 17.2. The summed E-state index contributed by atoms with van der Waals surface area (Å²) in [4.78, 5) is 8.22. The number of imidazole rings is 1. The van der Waals surface area contributed by atoms with E-state index in [0.29, 0.717) is 5.02 Å². The van der Waals surface area contributed by atoms with Gasteiger partial charge in [-0.15, -0.1) is 0 Å². The maximum atomic E-state index is 9.56. The molecule has 0 spiro atoms. The monoisotopic (exact) mass is 346 g/mol. The number of phenolic OH excluding ortho intramolecular Hbond substituents is 1. The van der Waals surface area contributed by atoms with E-state index < -0.39 is 0 Å². The topological polar surface area (TPSA) is 48.9 Å². The van der Waals surface area contributed by atoms with E-state index in [-0.39, 0.29) is 5.75 Å². The Bertz CT molecular complexity index is 1010. The lowest BCUT2D eigenvalue weighted by Gasteiger charge is -2.03. The van der Waals surface area contributed by atoms with Crippen molar-refractivity contribution in [2.45, 2.75) is 0 Å². The smallest absolute Gasteiger partial charge is 0.138 e. The molecular weight excluding hydrogens is 332 g/mol. The molecular formula is C21H15ClN2O. The maximum absolute atomic E-state index is 9.56. The van der Waals surface area contributed by atoms with Gasteiger partial charge in [-0.3, -0.25) is 0 Å². The van der Waals surface area contributed by atoms with Crippen LogP contribution >= 0.6 is 11.6 Å². The Balaban J connectivity index is 1.90. The normalized spacial score (nSPS) is 10.8. The summed E-state index contributed by atoms with van der Waals surface area (Å²) in [7, 11) is 0. The number of hydrogen-bond acceptors (Lipinski definition) is 2. The van der Waals surface area contributed by atoms with Crippen LogP contribution in [0.4, 0.5) is 0 Å². The van der Waals surface area contributed by atoms with Crippen molar-refractivity contribution in [3.8, 4) is 39.7 Å². The Morgan fingerprint density at radius 3 is 2.20 bits per heavy atom. The first-order valence-electron chi connectivity index (χ1n) is 7.91. The number of halogens is 1. The summed E-state index contributed by atoms with van der Waals surface area (Å²) in [6.45, 7) is 0. The molecule has 25 heavy (non-hydrogen) atoms. The minimum absolute atomic E-state index is 0.236. The Labute approximate surface area is 150 Å². The number of H-pyrrole nitrogens is 1. The van der Waals surface area contributed by atoms with E-state index in [2.05, 4.69) is 4.98 Å².